The molecular weight excluding hydrogens is 296 g/mol. The highest BCUT2D eigenvalue weighted by atomic mass is 16.1. The number of hydrogen-bond acceptors (Lipinski definition) is 2. The summed E-state index contributed by atoms with van der Waals surface area (Å²) in [5, 5.41) is 3.16. The average Bonchev–Trinajstić information content (AvgIpc) is 2.50. The van der Waals surface area contributed by atoms with Crippen LogP contribution in [0.5, 0.6) is 0 Å². The lowest BCUT2D eigenvalue weighted by Gasteiger charge is -2.18. The number of amides is 1. The van der Waals surface area contributed by atoms with Crippen LogP contribution >= 0.6 is 0 Å². The third kappa shape index (κ3) is 5.48. The van der Waals surface area contributed by atoms with Gasteiger partial charge in [0.15, 0.2) is 0 Å². The van der Waals surface area contributed by atoms with Crippen LogP contribution in [0.25, 0.3) is 0 Å². The predicted octanol–water partition coefficient (Wildman–Crippen LogP) is 4.66. The van der Waals surface area contributed by atoms with Crippen molar-refractivity contribution in [1.82, 2.24) is 4.98 Å². The second-order valence-corrected chi connectivity index (χ2v) is 7.19. The van der Waals surface area contributed by atoms with E-state index in [0.29, 0.717) is 18.3 Å². The molecule has 1 aromatic heterocycles. The lowest BCUT2D eigenvalue weighted by Crippen LogP contribution is -2.18. The number of nitrogens with zero attached hydrogens (tertiary/aromatic N) is 1. The first-order chi connectivity index (χ1) is 11.5. The van der Waals surface area contributed by atoms with Gasteiger partial charge in [-0.1, -0.05) is 52.0 Å². The molecule has 0 aliphatic carbocycles. The molecule has 2 aromatic rings. The van der Waals surface area contributed by atoms with Crippen molar-refractivity contribution in [2.45, 2.75) is 47.0 Å². The minimum atomic E-state index is -0.00471. The zero-order chi connectivity index (χ0) is 17.5. The molecule has 1 N–H and O–H groups in total. The van der Waals surface area contributed by atoms with Gasteiger partial charge in [-0.05, 0) is 47.9 Å². The molecule has 0 aliphatic heterocycles. The van der Waals surface area contributed by atoms with Crippen molar-refractivity contribution < 1.29 is 4.79 Å². The normalized spacial score (nSPS) is 11.1. The number of rotatable bonds is 7. The number of hydrogen-bond donors (Lipinski definition) is 1. The second kappa shape index (κ2) is 8.62. The average molecular weight is 324 g/mol. The maximum Gasteiger partial charge on any atom is 0.230 e. The lowest BCUT2D eigenvalue weighted by molar-refractivity contribution is -0.115. The van der Waals surface area contributed by atoms with Gasteiger partial charge >= 0.3 is 0 Å². The Kier molecular flexibility index (Phi) is 6.53. The number of aromatic nitrogens is 1. The van der Waals surface area contributed by atoms with Gasteiger partial charge in [-0.2, -0.15) is 0 Å². The minimum absolute atomic E-state index is 0.00471. The van der Waals surface area contributed by atoms with Gasteiger partial charge in [-0.25, -0.2) is 0 Å². The summed E-state index contributed by atoms with van der Waals surface area (Å²) in [5.74, 6) is 1.09. The molecule has 1 amide bonds. The SMILES string of the molecule is CC(C)Cc1cccc(CC(C)C)c1NC(=O)Cc1ccccn1. The highest BCUT2D eigenvalue weighted by Crippen LogP contribution is 2.26. The summed E-state index contributed by atoms with van der Waals surface area (Å²) in [6.45, 7) is 8.81. The van der Waals surface area contributed by atoms with Crippen LogP contribution in [0, 0.1) is 11.8 Å². The smallest absolute Gasteiger partial charge is 0.230 e. The molecule has 0 atom stereocenters. The van der Waals surface area contributed by atoms with Gasteiger partial charge in [0.1, 0.15) is 0 Å². The molecule has 0 unspecified atom stereocenters. The van der Waals surface area contributed by atoms with E-state index in [4.69, 9.17) is 0 Å². The quantitative estimate of drug-likeness (QED) is 0.805. The van der Waals surface area contributed by atoms with Crippen LogP contribution in [-0.2, 0) is 24.1 Å². The number of para-hydroxylation sites is 1. The van der Waals surface area contributed by atoms with E-state index in [-0.39, 0.29) is 5.91 Å². The van der Waals surface area contributed by atoms with Gasteiger partial charge in [0.25, 0.3) is 0 Å². The van der Waals surface area contributed by atoms with E-state index in [0.717, 1.165) is 24.2 Å². The number of anilines is 1. The van der Waals surface area contributed by atoms with Crippen molar-refractivity contribution in [3.05, 3.63) is 59.4 Å². The minimum Gasteiger partial charge on any atom is -0.325 e. The van der Waals surface area contributed by atoms with Gasteiger partial charge in [0, 0.05) is 17.6 Å². The molecule has 0 bridgehead atoms. The number of carbonyl (C=O) groups excluding carboxylic acids is 1. The summed E-state index contributed by atoms with van der Waals surface area (Å²) in [7, 11) is 0. The summed E-state index contributed by atoms with van der Waals surface area (Å²) in [4.78, 5) is 16.7. The Morgan fingerprint density at radius 3 is 2.08 bits per heavy atom. The van der Waals surface area contributed by atoms with Gasteiger partial charge < -0.3 is 5.32 Å². The van der Waals surface area contributed by atoms with E-state index in [9.17, 15) is 4.79 Å². The number of pyridine rings is 1. The van der Waals surface area contributed by atoms with Crippen LogP contribution in [0.1, 0.15) is 44.5 Å². The van der Waals surface area contributed by atoms with E-state index in [1.807, 2.05) is 18.2 Å². The van der Waals surface area contributed by atoms with Crippen molar-refractivity contribution >= 4 is 11.6 Å². The molecule has 1 aromatic carbocycles. The van der Waals surface area contributed by atoms with E-state index in [2.05, 4.69) is 56.2 Å². The first-order valence-corrected chi connectivity index (χ1v) is 8.76. The first kappa shape index (κ1) is 18.2. The Bertz CT molecular complexity index is 635. The Morgan fingerprint density at radius 2 is 1.58 bits per heavy atom. The molecule has 128 valence electrons. The van der Waals surface area contributed by atoms with Crippen molar-refractivity contribution in [2.75, 3.05) is 5.32 Å². The summed E-state index contributed by atoms with van der Waals surface area (Å²) < 4.78 is 0. The van der Waals surface area contributed by atoms with Crippen LogP contribution in [0.4, 0.5) is 5.69 Å². The Labute approximate surface area is 145 Å². The fraction of sp³-hybridized carbons (Fsp3) is 0.429. The van der Waals surface area contributed by atoms with Crippen molar-refractivity contribution in [3.8, 4) is 0 Å². The van der Waals surface area contributed by atoms with Gasteiger partial charge in [0.2, 0.25) is 5.91 Å². The molecular formula is C21H28N2O. The van der Waals surface area contributed by atoms with Crippen LogP contribution in [-0.4, -0.2) is 10.9 Å². The summed E-state index contributed by atoms with van der Waals surface area (Å²) in [6, 6.07) is 12.0. The molecule has 0 fully saturated rings. The molecule has 1 heterocycles. The highest BCUT2D eigenvalue weighted by Gasteiger charge is 2.14. The Morgan fingerprint density at radius 1 is 0.958 bits per heavy atom. The van der Waals surface area contributed by atoms with Gasteiger partial charge in [-0.15, -0.1) is 0 Å². The van der Waals surface area contributed by atoms with Crippen LogP contribution < -0.4 is 5.32 Å². The molecule has 3 nitrogen and oxygen atoms in total. The van der Waals surface area contributed by atoms with Crippen LogP contribution in [0.3, 0.4) is 0 Å². The fourth-order valence-corrected chi connectivity index (χ4v) is 2.88. The molecule has 0 saturated carbocycles. The first-order valence-electron chi connectivity index (χ1n) is 8.76. The third-order valence-electron chi connectivity index (χ3n) is 3.83. The van der Waals surface area contributed by atoms with Gasteiger partial charge in [-0.3, -0.25) is 9.78 Å². The number of carbonyl (C=O) groups is 1. The summed E-state index contributed by atoms with van der Waals surface area (Å²) in [5.41, 5.74) is 4.23. The summed E-state index contributed by atoms with van der Waals surface area (Å²) >= 11 is 0. The van der Waals surface area contributed by atoms with E-state index < -0.39 is 0 Å². The van der Waals surface area contributed by atoms with Crippen molar-refractivity contribution in [2.24, 2.45) is 11.8 Å². The zero-order valence-corrected chi connectivity index (χ0v) is 15.2. The molecule has 0 spiro atoms. The van der Waals surface area contributed by atoms with E-state index in [1.54, 1.807) is 6.20 Å². The van der Waals surface area contributed by atoms with Crippen LogP contribution in [0.2, 0.25) is 0 Å². The number of benzene rings is 1. The Hall–Kier alpha value is -2.16. The monoisotopic (exact) mass is 324 g/mol. The molecule has 3 heteroatoms. The molecule has 0 radical (unpaired) electrons. The zero-order valence-electron chi connectivity index (χ0n) is 15.2. The molecule has 0 aliphatic rings. The highest BCUT2D eigenvalue weighted by molar-refractivity contribution is 5.93. The molecule has 0 saturated heterocycles. The largest absolute Gasteiger partial charge is 0.325 e. The molecule has 24 heavy (non-hydrogen) atoms. The topological polar surface area (TPSA) is 42.0 Å². The maximum absolute atomic E-state index is 12.5. The standard InChI is InChI=1S/C21H28N2O/c1-15(2)12-17-8-7-9-18(13-16(3)4)21(17)23-20(24)14-19-10-5-6-11-22-19/h5-11,15-16H,12-14H2,1-4H3,(H,23,24). The Balaban J connectivity index is 2.23. The van der Waals surface area contributed by atoms with Crippen molar-refractivity contribution in [1.29, 1.82) is 0 Å². The van der Waals surface area contributed by atoms with E-state index >= 15 is 0 Å². The number of nitrogens with one attached hydrogen (secondary N) is 1. The second-order valence-electron chi connectivity index (χ2n) is 7.19. The van der Waals surface area contributed by atoms with Crippen LogP contribution in [0.15, 0.2) is 42.6 Å². The third-order valence-corrected chi connectivity index (χ3v) is 3.83. The van der Waals surface area contributed by atoms with E-state index in [1.165, 1.54) is 11.1 Å². The lowest BCUT2D eigenvalue weighted by atomic mass is 9.94. The fourth-order valence-electron chi connectivity index (χ4n) is 2.88. The van der Waals surface area contributed by atoms with Gasteiger partial charge in [0.05, 0.1) is 6.42 Å². The molecule has 2 rings (SSSR count). The summed E-state index contributed by atoms with van der Waals surface area (Å²) in [6.07, 6.45) is 3.95. The van der Waals surface area contributed by atoms with Crippen molar-refractivity contribution in [3.63, 3.8) is 0 Å². The predicted molar refractivity (Wildman–Crippen MR) is 100 cm³/mol. The maximum atomic E-state index is 12.5.